The molecule has 0 atom stereocenters. The van der Waals surface area contributed by atoms with Crippen molar-refractivity contribution in [3.63, 3.8) is 0 Å². The SMILES string of the molecule is CCOc1ccc(N/C=C(/C(=O)OC)S(=O)(=O)c2ccc(C(C)(C)C)cc2)cc1. The van der Waals surface area contributed by atoms with Crippen molar-refractivity contribution in [3.05, 3.63) is 65.2 Å². The van der Waals surface area contributed by atoms with E-state index in [1.54, 1.807) is 36.4 Å². The van der Waals surface area contributed by atoms with Gasteiger partial charge in [-0.05, 0) is 54.3 Å². The lowest BCUT2D eigenvalue weighted by Gasteiger charge is -2.19. The predicted octanol–water partition coefficient (Wildman–Crippen LogP) is 4.28. The molecule has 0 unspecified atom stereocenters. The number of hydrogen-bond acceptors (Lipinski definition) is 6. The van der Waals surface area contributed by atoms with Gasteiger partial charge in [-0.1, -0.05) is 32.9 Å². The van der Waals surface area contributed by atoms with E-state index in [-0.39, 0.29) is 10.3 Å². The van der Waals surface area contributed by atoms with E-state index in [4.69, 9.17) is 9.47 Å². The van der Waals surface area contributed by atoms with Gasteiger partial charge in [0.25, 0.3) is 0 Å². The molecule has 0 spiro atoms. The van der Waals surface area contributed by atoms with E-state index < -0.39 is 20.7 Å². The minimum absolute atomic E-state index is 0.0237. The number of carbonyl (C=O) groups excluding carboxylic acids is 1. The number of ether oxygens (including phenoxy) is 2. The molecule has 0 aromatic heterocycles. The van der Waals surface area contributed by atoms with Crippen LogP contribution in [0.25, 0.3) is 0 Å². The van der Waals surface area contributed by atoms with Gasteiger partial charge in [-0.15, -0.1) is 0 Å². The quantitative estimate of drug-likeness (QED) is 0.535. The zero-order chi connectivity index (χ0) is 21.7. The Kier molecular flexibility index (Phi) is 7.08. The number of esters is 1. The average molecular weight is 418 g/mol. The number of carbonyl (C=O) groups is 1. The minimum atomic E-state index is -4.06. The monoisotopic (exact) mass is 417 g/mol. The molecule has 6 nitrogen and oxygen atoms in total. The van der Waals surface area contributed by atoms with Crippen LogP contribution in [-0.2, 0) is 24.8 Å². The Balaban J connectivity index is 2.35. The summed E-state index contributed by atoms with van der Waals surface area (Å²) >= 11 is 0. The summed E-state index contributed by atoms with van der Waals surface area (Å²) < 4.78 is 36.1. The van der Waals surface area contributed by atoms with Gasteiger partial charge >= 0.3 is 5.97 Å². The third kappa shape index (κ3) is 5.60. The molecule has 0 saturated heterocycles. The van der Waals surface area contributed by atoms with E-state index in [0.717, 1.165) is 18.9 Å². The van der Waals surface area contributed by atoms with Crippen LogP contribution in [-0.4, -0.2) is 28.1 Å². The molecular weight excluding hydrogens is 390 g/mol. The zero-order valence-electron chi connectivity index (χ0n) is 17.4. The molecule has 2 rings (SSSR count). The number of hydrogen-bond donors (Lipinski definition) is 1. The van der Waals surface area contributed by atoms with Crippen LogP contribution in [0.15, 0.2) is 64.5 Å². The number of sulfone groups is 1. The minimum Gasteiger partial charge on any atom is -0.494 e. The zero-order valence-corrected chi connectivity index (χ0v) is 18.2. The normalized spacial score (nSPS) is 12.4. The van der Waals surface area contributed by atoms with E-state index >= 15 is 0 Å². The molecule has 1 N–H and O–H groups in total. The van der Waals surface area contributed by atoms with Gasteiger partial charge in [0.15, 0.2) is 4.91 Å². The number of methoxy groups -OCH3 is 1. The van der Waals surface area contributed by atoms with Crippen molar-refractivity contribution >= 4 is 21.5 Å². The molecule has 7 heteroatoms. The highest BCUT2D eigenvalue weighted by Crippen LogP contribution is 2.26. The predicted molar refractivity (Wildman–Crippen MR) is 114 cm³/mol. The second-order valence-electron chi connectivity index (χ2n) is 7.38. The highest BCUT2D eigenvalue weighted by atomic mass is 32.2. The third-order valence-electron chi connectivity index (χ3n) is 4.24. The molecule has 0 amide bonds. The Morgan fingerprint density at radius 2 is 1.62 bits per heavy atom. The van der Waals surface area contributed by atoms with Crippen molar-refractivity contribution in [1.29, 1.82) is 0 Å². The molecule has 2 aromatic carbocycles. The molecule has 0 radical (unpaired) electrons. The summed E-state index contributed by atoms with van der Waals surface area (Å²) in [4.78, 5) is 11.7. The summed E-state index contributed by atoms with van der Waals surface area (Å²) in [5.41, 5.74) is 1.49. The Morgan fingerprint density at radius 3 is 2.10 bits per heavy atom. The van der Waals surface area contributed by atoms with Crippen LogP contribution in [0.2, 0.25) is 0 Å². The maximum Gasteiger partial charge on any atom is 0.351 e. The fraction of sp³-hybridized carbons (Fsp3) is 0.318. The van der Waals surface area contributed by atoms with Crippen LogP contribution in [0, 0.1) is 0 Å². The smallest absolute Gasteiger partial charge is 0.351 e. The van der Waals surface area contributed by atoms with Crippen LogP contribution in [0.3, 0.4) is 0 Å². The van der Waals surface area contributed by atoms with Crippen molar-refractivity contribution in [1.82, 2.24) is 0 Å². The van der Waals surface area contributed by atoms with Crippen molar-refractivity contribution in [3.8, 4) is 5.75 Å². The second-order valence-corrected chi connectivity index (χ2v) is 9.30. The van der Waals surface area contributed by atoms with Crippen molar-refractivity contribution in [2.45, 2.75) is 38.0 Å². The van der Waals surface area contributed by atoms with Gasteiger partial charge in [0.2, 0.25) is 9.84 Å². The van der Waals surface area contributed by atoms with Crippen molar-refractivity contribution in [2.75, 3.05) is 19.0 Å². The van der Waals surface area contributed by atoms with Gasteiger partial charge in [-0.2, -0.15) is 0 Å². The van der Waals surface area contributed by atoms with E-state index in [1.807, 2.05) is 27.7 Å². The molecule has 29 heavy (non-hydrogen) atoms. The first-order valence-corrected chi connectivity index (χ1v) is 10.7. The van der Waals surface area contributed by atoms with Crippen LogP contribution >= 0.6 is 0 Å². The lowest BCUT2D eigenvalue weighted by molar-refractivity contribution is -0.135. The molecule has 0 saturated carbocycles. The standard InChI is InChI=1S/C22H27NO5S/c1-6-28-18-11-9-17(10-12-18)23-15-20(21(24)27-5)29(25,26)19-13-7-16(8-14-19)22(2,3)4/h7-15,23H,6H2,1-5H3/b20-15-. The largest absolute Gasteiger partial charge is 0.494 e. The lowest BCUT2D eigenvalue weighted by atomic mass is 9.87. The summed E-state index contributed by atoms with van der Waals surface area (Å²) in [5, 5.41) is 2.84. The summed E-state index contributed by atoms with van der Waals surface area (Å²) in [6, 6.07) is 13.5. The summed E-state index contributed by atoms with van der Waals surface area (Å²) in [5.74, 6) is -0.245. The Bertz CT molecular complexity index is 969. The molecule has 156 valence electrons. The summed E-state index contributed by atoms with van der Waals surface area (Å²) in [6.07, 6.45) is 1.15. The number of benzene rings is 2. The van der Waals surface area contributed by atoms with Gasteiger partial charge in [-0.3, -0.25) is 0 Å². The van der Waals surface area contributed by atoms with E-state index in [1.165, 1.54) is 12.1 Å². The molecular formula is C22H27NO5S. The molecule has 0 aliphatic heterocycles. The third-order valence-corrected chi connectivity index (χ3v) is 6.00. The molecule has 0 fully saturated rings. The van der Waals surface area contributed by atoms with Gasteiger partial charge in [-0.25, -0.2) is 13.2 Å². The first kappa shape index (κ1) is 22.5. The summed E-state index contributed by atoms with van der Waals surface area (Å²) in [7, 11) is -2.92. The van der Waals surface area contributed by atoms with Crippen LogP contribution in [0.5, 0.6) is 5.75 Å². The second kappa shape index (κ2) is 9.13. The highest BCUT2D eigenvalue weighted by Gasteiger charge is 2.28. The van der Waals surface area contributed by atoms with Crippen LogP contribution in [0.4, 0.5) is 5.69 Å². The first-order valence-electron chi connectivity index (χ1n) is 9.23. The Morgan fingerprint density at radius 1 is 1.03 bits per heavy atom. The van der Waals surface area contributed by atoms with Crippen LogP contribution < -0.4 is 10.1 Å². The van der Waals surface area contributed by atoms with Gasteiger partial charge in [0, 0.05) is 11.9 Å². The average Bonchev–Trinajstić information content (AvgIpc) is 2.68. The van der Waals surface area contributed by atoms with Crippen molar-refractivity contribution in [2.24, 2.45) is 0 Å². The van der Waals surface area contributed by atoms with Gasteiger partial charge < -0.3 is 14.8 Å². The number of nitrogens with one attached hydrogen (secondary N) is 1. The number of rotatable bonds is 7. The molecule has 0 bridgehead atoms. The fourth-order valence-corrected chi connectivity index (χ4v) is 3.84. The lowest BCUT2D eigenvalue weighted by Crippen LogP contribution is -2.17. The van der Waals surface area contributed by atoms with Gasteiger partial charge in [0.1, 0.15) is 5.75 Å². The van der Waals surface area contributed by atoms with E-state index in [2.05, 4.69) is 5.32 Å². The molecule has 2 aromatic rings. The molecule has 0 aliphatic rings. The van der Waals surface area contributed by atoms with Crippen LogP contribution in [0.1, 0.15) is 33.3 Å². The van der Waals surface area contributed by atoms with E-state index in [9.17, 15) is 13.2 Å². The molecule has 0 heterocycles. The maximum atomic E-state index is 13.0. The first-order chi connectivity index (χ1) is 13.6. The summed E-state index contributed by atoms with van der Waals surface area (Å²) in [6.45, 7) is 8.55. The van der Waals surface area contributed by atoms with E-state index in [0.29, 0.717) is 18.0 Å². The molecule has 0 aliphatic carbocycles. The van der Waals surface area contributed by atoms with Crippen molar-refractivity contribution < 1.29 is 22.7 Å². The topological polar surface area (TPSA) is 81.7 Å². The highest BCUT2D eigenvalue weighted by molar-refractivity contribution is 7.96. The Hall–Kier alpha value is -2.80. The number of anilines is 1. The van der Waals surface area contributed by atoms with Gasteiger partial charge in [0.05, 0.1) is 18.6 Å². The fourth-order valence-electron chi connectivity index (χ4n) is 2.57. The maximum absolute atomic E-state index is 13.0. The Labute approximate surface area is 172 Å².